The van der Waals surface area contributed by atoms with Crippen molar-refractivity contribution in [3.05, 3.63) is 88.4 Å². The standard InChI is InChI=1S/C30H35Cl2N3O5S/c1-5-40-27-13-11-26(12-14-27)35(41(38,39)28-15-9-24(31)10-16-28)20-29(36)34(19-23-7-6-8-25(32)17-23)22(4)30(37)33-18-21(2)3/h6-17,21-22H,5,18-20H2,1-4H3,(H,33,37)/t22-/m0/s1. The van der Waals surface area contributed by atoms with Gasteiger partial charge in [0.1, 0.15) is 18.3 Å². The van der Waals surface area contributed by atoms with Gasteiger partial charge < -0.3 is 15.0 Å². The molecule has 0 aliphatic carbocycles. The molecular formula is C30H35Cl2N3O5S. The van der Waals surface area contributed by atoms with Crippen LogP contribution in [-0.4, -0.2) is 50.9 Å². The lowest BCUT2D eigenvalue weighted by Gasteiger charge is -2.32. The lowest BCUT2D eigenvalue weighted by atomic mass is 10.1. The van der Waals surface area contributed by atoms with Crippen LogP contribution >= 0.6 is 23.2 Å². The molecule has 3 aromatic carbocycles. The third kappa shape index (κ3) is 8.86. The van der Waals surface area contributed by atoms with Gasteiger partial charge in [0.2, 0.25) is 11.8 Å². The number of halogens is 2. The second-order valence-electron chi connectivity index (χ2n) is 9.86. The molecule has 0 aliphatic heterocycles. The van der Waals surface area contributed by atoms with Crippen molar-refractivity contribution in [2.24, 2.45) is 5.92 Å². The molecule has 0 aromatic heterocycles. The Morgan fingerprint density at radius 2 is 1.59 bits per heavy atom. The summed E-state index contributed by atoms with van der Waals surface area (Å²) in [5.74, 6) is -0.141. The number of carbonyl (C=O) groups excluding carboxylic acids is 2. The molecule has 1 N–H and O–H groups in total. The number of hydrogen-bond donors (Lipinski definition) is 1. The topological polar surface area (TPSA) is 96.0 Å². The fourth-order valence-corrected chi connectivity index (χ4v) is 5.76. The number of carbonyl (C=O) groups is 2. The number of benzene rings is 3. The minimum absolute atomic E-state index is 0.0345. The maximum absolute atomic E-state index is 14.0. The van der Waals surface area contributed by atoms with E-state index >= 15 is 0 Å². The maximum atomic E-state index is 14.0. The van der Waals surface area contributed by atoms with Crippen LogP contribution in [0, 0.1) is 5.92 Å². The minimum Gasteiger partial charge on any atom is -0.494 e. The van der Waals surface area contributed by atoms with Crippen LogP contribution in [-0.2, 0) is 26.2 Å². The first kappa shape index (κ1) is 32.2. The number of hydrogen-bond acceptors (Lipinski definition) is 5. The zero-order valence-electron chi connectivity index (χ0n) is 23.5. The summed E-state index contributed by atoms with van der Waals surface area (Å²) in [4.78, 5) is 28.4. The highest BCUT2D eigenvalue weighted by Gasteiger charge is 2.32. The van der Waals surface area contributed by atoms with E-state index in [1.54, 1.807) is 55.5 Å². The van der Waals surface area contributed by atoms with Crippen molar-refractivity contribution >= 4 is 50.7 Å². The predicted octanol–water partition coefficient (Wildman–Crippen LogP) is 5.78. The fourth-order valence-electron chi connectivity index (χ4n) is 4.00. The first-order valence-corrected chi connectivity index (χ1v) is 15.4. The number of anilines is 1. The van der Waals surface area contributed by atoms with Crippen LogP contribution in [0.4, 0.5) is 5.69 Å². The molecule has 0 fully saturated rings. The van der Waals surface area contributed by atoms with E-state index in [0.29, 0.717) is 34.5 Å². The van der Waals surface area contributed by atoms with Gasteiger partial charge in [-0.05, 0) is 86.0 Å². The average molecular weight is 621 g/mol. The third-order valence-corrected chi connectivity index (χ3v) is 8.49. The Kier molecular flexibility index (Phi) is 11.5. The molecular weight excluding hydrogens is 585 g/mol. The van der Waals surface area contributed by atoms with Crippen molar-refractivity contribution in [3.63, 3.8) is 0 Å². The minimum atomic E-state index is -4.21. The van der Waals surface area contributed by atoms with Crippen molar-refractivity contribution in [2.45, 2.75) is 45.2 Å². The second-order valence-corrected chi connectivity index (χ2v) is 12.6. The van der Waals surface area contributed by atoms with Crippen molar-refractivity contribution in [3.8, 4) is 5.75 Å². The molecule has 1 atom stereocenters. The summed E-state index contributed by atoms with van der Waals surface area (Å²) in [6, 6.07) is 18.2. The van der Waals surface area contributed by atoms with E-state index in [1.807, 2.05) is 20.8 Å². The Balaban J connectivity index is 2.02. The molecule has 0 bridgehead atoms. The summed E-state index contributed by atoms with van der Waals surface area (Å²) >= 11 is 12.2. The molecule has 0 unspecified atom stereocenters. The molecule has 41 heavy (non-hydrogen) atoms. The Labute approximate surface area is 252 Å². The summed E-state index contributed by atoms with van der Waals surface area (Å²) in [6.45, 7) is 7.77. The van der Waals surface area contributed by atoms with Gasteiger partial charge in [0.25, 0.3) is 10.0 Å². The van der Waals surface area contributed by atoms with Crippen LogP contribution in [0.3, 0.4) is 0 Å². The van der Waals surface area contributed by atoms with Crippen molar-refractivity contribution in [1.82, 2.24) is 10.2 Å². The number of nitrogens with one attached hydrogen (secondary N) is 1. The number of rotatable bonds is 13. The lowest BCUT2D eigenvalue weighted by molar-refractivity contribution is -0.139. The highest BCUT2D eigenvalue weighted by atomic mass is 35.5. The van der Waals surface area contributed by atoms with Crippen molar-refractivity contribution in [2.75, 3.05) is 24.0 Å². The molecule has 0 saturated heterocycles. The van der Waals surface area contributed by atoms with Crippen molar-refractivity contribution < 1.29 is 22.7 Å². The van der Waals surface area contributed by atoms with Gasteiger partial charge in [0.15, 0.2) is 0 Å². The summed E-state index contributed by atoms with van der Waals surface area (Å²) in [5, 5.41) is 3.72. The molecule has 11 heteroatoms. The number of ether oxygens (including phenoxy) is 1. The van der Waals surface area contributed by atoms with E-state index < -0.39 is 28.5 Å². The Morgan fingerprint density at radius 3 is 2.17 bits per heavy atom. The quantitative estimate of drug-likeness (QED) is 0.262. The highest BCUT2D eigenvalue weighted by molar-refractivity contribution is 7.92. The van der Waals surface area contributed by atoms with Gasteiger partial charge in [0, 0.05) is 23.1 Å². The average Bonchev–Trinajstić information content (AvgIpc) is 2.93. The Bertz CT molecular complexity index is 1430. The van der Waals surface area contributed by atoms with E-state index in [9.17, 15) is 18.0 Å². The van der Waals surface area contributed by atoms with E-state index in [-0.39, 0.29) is 29.0 Å². The number of nitrogens with zero attached hydrogens (tertiary/aromatic N) is 2. The predicted molar refractivity (Wildman–Crippen MR) is 163 cm³/mol. The second kappa shape index (κ2) is 14.6. The summed E-state index contributed by atoms with van der Waals surface area (Å²) < 4.78 is 34.3. The molecule has 3 rings (SSSR count). The van der Waals surface area contributed by atoms with Gasteiger partial charge in [-0.3, -0.25) is 13.9 Å². The van der Waals surface area contributed by atoms with E-state index in [1.165, 1.54) is 29.2 Å². The molecule has 0 radical (unpaired) electrons. The Hall–Kier alpha value is -3.27. The molecule has 0 spiro atoms. The van der Waals surface area contributed by atoms with Crippen LogP contribution in [0.5, 0.6) is 5.75 Å². The Morgan fingerprint density at radius 1 is 0.927 bits per heavy atom. The van der Waals surface area contributed by atoms with Gasteiger partial charge in [-0.2, -0.15) is 0 Å². The molecule has 8 nitrogen and oxygen atoms in total. The summed E-state index contributed by atoms with van der Waals surface area (Å²) in [6.07, 6.45) is 0. The van der Waals surface area contributed by atoms with Crippen LogP contribution in [0.2, 0.25) is 10.0 Å². The van der Waals surface area contributed by atoms with Crippen LogP contribution < -0.4 is 14.4 Å². The first-order valence-electron chi connectivity index (χ1n) is 13.2. The molecule has 220 valence electrons. The fraction of sp³-hybridized carbons (Fsp3) is 0.333. The summed E-state index contributed by atoms with van der Waals surface area (Å²) in [7, 11) is -4.21. The van der Waals surface area contributed by atoms with Crippen molar-refractivity contribution in [1.29, 1.82) is 0 Å². The molecule has 3 aromatic rings. The normalized spacial score (nSPS) is 12.1. The van der Waals surface area contributed by atoms with E-state index in [0.717, 1.165) is 4.31 Å². The molecule has 0 heterocycles. The van der Waals surface area contributed by atoms with Crippen LogP contribution in [0.1, 0.15) is 33.3 Å². The van der Waals surface area contributed by atoms with E-state index in [4.69, 9.17) is 27.9 Å². The monoisotopic (exact) mass is 619 g/mol. The molecule has 0 aliphatic rings. The number of amides is 2. The van der Waals surface area contributed by atoms with Gasteiger partial charge in [-0.1, -0.05) is 49.2 Å². The van der Waals surface area contributed by atoms with Crippen LogP contribution in [0.25, 0.3) is 0 Å². The zero-order chi connectivity index (χ0) is 30.2. The summed E-state index contributed by atoms with van der Waals surface area (Å²) in [5.41, 5.74) is 0.957. The lowest BCUT2D eigenvalue weighted by Crippen LogP contribution is -2.51. The highest BCUT2D eigenvalue weighted by Crippen LogP contribution is 2.27. The van der Waals surface area contributed by atoms with E-state index in [2.05, 4.69) is 5.32 Å². The largest absolute Gasteiger partial charge is 0.494 e. The third-order valence-electron chi connectivity index (χ3n) is 6.21. The number of sulfonamides is 1. The van der Waals surface area contributed by atoms with Gasteiger partial charge in [-0.15, -0.1) is 0 Å². The molecule has 2 amide bonds. The van der Waals surface area contributed by atoms with Gasteiger partial charge in [-0.25, -0.2) is 8.42 Å². The van der Waals surface area contributed by atoms with Crippen LogP contribution in [0.15, 0.2) is 77.7 Å². The SMILES string of the molecule is CCOc1ccc(N(CC(=O)N(Cc2cccc(Cl)c2)[C@@H](C)C(=O)NCC(C)C)S(=O)(=O)c2ccc(Cl)cc2)cc1. The first-order chi connectivity index (χ1) is 19.4. The maximum Gasteiger partial charge on any atom is 0.264 e. The van der Waals surface area contributed by atoms with Gasteiger partial charge in [0.05, 0.1) is 17.2 Å². The smallest absolute Gasteiger partial charge is 0.264 e. The van der Waals surface area contributed by atoms with Gasteiger partial charge >= 0.3 is 0 Å². The molecule has 0 saturated carbocycles. The zero-order valence-corrected chi connectivity index (χ0v) is 25.8.